The van der Waals surface area contributed by atoms with Crippen LogP contribution in [-0.4, -0.2) is 49.5 Å². The fraction of sp³-hybridized carbons (Fsp3) is 0.130. The van der Waals surface area contributed by atoms with Crippen LogP contribution in [0.5, 0.6) is 0 Å². The van der Waals surface area contributed by atoms with Crippen molar-refractivity contribution in [2.75, 3.05) is 0 Å². The zero-order chi connectivity index (χ0) is 28.7. The lowest BCUT2D eigenvalue weighted by atomic mass is 10.1. The number of nitrogens with zero attached hydrogens (tertiary/aromatic N) is 2. The number of imidazole rings is 1. The predicted octanol–water partition coefficient (Wildman–Crippen LogP) is 5.08. The summed E-state index contributed by atoms with van der Waals surface area (Å²) in [5, 5.41) is 14.2. The SMILES string of the molecule is NC(c1cccc(F)c1)c1nc2ccc(-c3ccncc3)cc2[nH]1.O=C(O)C(F)(F)F.O=C(O)C(F)(F)F. The fourth-order valence-corrected chi connectivity index (χ4v) is 2.76. The molecule has 8 nitrogen and oxygen atoms in total. The number of carboxylic acids is 2. The van der Waals surface area contributed by atoms with Crippen LogP contribution in [0.25, 0.3) is 22.2 Å². The van der Waals surface area contributed by atoms with E-state index in [0.717, 1.165) is 22.2 Å². The summed E-state index contributed by atoms with van der Waals surface area (Å²) < 4.78 is 76.9. The minimum absolute atomic E-state index is 0.306. The lowest BCUT2D eigenvalue weighted by molar-refractivity contribution is -0.193. The number of H-pyrrole nitrogens is 1. The number of halogens is 7. The molecule has 2 heterocycles. The van der Waals surface area contributed by atoms with E-state index >= 15 is 0 Å². The highest BCUT2D eigenvalue weighted by Crippen LogP contribution is 2.25. The Morgan fingerprint density at radius 2 is 1.39 bits per heavy atom. The molecular weight excluding hydrogens is 529 g/mol. The molecule has 0 spiro atoms. The Morgan fingerprint density at radius 1 is 0.842 bits per heavy atom. The van der Waals surface area contributed by atoms with Crippen LogP contribution in [-0.2, 0) is 9.59 Å². The zero-order valence-electron chi connectivity index (χ0n) is 18.8. The second-order valence-electron chi connectivity index (χ2n) is 7.23. The van der Waals surface area contributed by atoms with Crippen LogP contribution < -0.4 is 5.73 Å². The van der Waals surface area contributed by atoms with Crippen LogP contribution in [0.3, 0.4) is 0 Å². The van der Waals surface area contributed by atoms with Crippen molar-refractivity contribution in [3.8, 4) is 11.1 Å². The second kappa shape index (κ2) is 12.1. The van der Waals surface area contributed by atoms with Crippen LogP contribution in [0.15, 0.2) is 67.0 Å². The maximum Gasteiger partial charge on any atom is 0.490 e. The number of hydrogen-bond acceptors (Lipinski definition) is 5. The summed E-state index contributed by atoms with van der Waals surface area (Å²) in [5.74, 6) is -5.21. The van der Waals surface area contributed by atoms with Gasteiger partial charge in [-0.25, -0.2) is 19.0 Å². The third-order valence-corrected chi connectivity index (χ3v) is 4.50. The molecule has 2 aromatic heterocycles. The number of alkyl halides is 6. The van der Waals surface area contributed by atoms with E-state index < -0.39 is 30.3 Å². The summed E-state index contributed by atoms with van der Waals surface area (Å²) in [6.07, 6.45) is -6.64. The number of nitrogens with two attached hydrogens (primary N) is 1. The van der Waals surface area contributed by atoms with Crippen LogP contribution in [0.1, 0.15) is 17.4 Å². The Kier molecular flexibility index (Phi) is 9.49. The number of benzene rings is 2. The van der Waals surface area contributed by atoms with Gasteiger partial charge in [0.05, 0.1) is 17.1 Å². The van der Waals surface area contributed by atoms with Crippen molar-refractivity contribution >= 4 is 23.0 Å². The fourth-order valence-electron chi connectivity index (χ4n) is 2.76. The lowest BCUT2D eigenvalue weighted by Crippen LogP contribution is -2.21. The number of pyridine rings is 1. The van der Waals surface area contributed by atoms with Gasteiger partial charge in [-0.05, 0) is 53.1 Å². The first-order valence-corrected chi connectivity index (χ1v) is 10.1. The molecule has 15 heteroatoms. The monoisotopic (exact) mass is 546 g/mol. The van der Waals surface area contributed by atoms with Gasteiger partial charge in [0.1, 0.15) is 11.6 Å². The van der Waals surface area contributed by atoms with Gasteiger partial charge in [0, 0.05) is 12.4 Å². The smallest absolute Gasteiger partial charge is 0.475 e. The maximum absolute atomic E-state index is 13.4. The quantitative estimate of drug-likeness (QED) is 0.263. The molecule has 0 aliphatic rings. The van der Waals surface area contributed by atoms with Gasteiger partial charge in [-0.15, -0.1) is 0 Å². The summed E-state index contributed by atoms with van der Waals surface area (Å²) in [4.78, 5) is 29.6. The Balaban J connectivity index is 0.000000301. The lowest BCUT2D eigenvalue weighted by Gasteiger charge is -2.08. The minimum Gasteiger partial charge on any atom is -0.475 e. The zero-order valence-corrected chi connectivity index (χ0v) is 18.8. The summed E-state index contributed by atoms with van der Waals surface area (Å²) in [6.45, 7) is 0. The Bertz CT molecular complexity index is 1370. The van der Waals surface area contributed by atoms with Crippen LogP contribution >= 0.6 is 0 Å². The second-order valence-corrected chi connectivity index (χ2v) is 7.23. The van der Waals surface area contributed by atoms with Gasteiger partial charge >= 0.3 is 24.3 Å². The first kappa shape index (κ1) is 29.7. The predicted molar refractivity (Wildman–Crippen MR) is 119 cm³/mol. The molecule has 0 bridgehead atoms. The number of hydrogen-bond donors (Lipinski definition) is 4. The van der Waals surface area contributed by atoms with Crippen molar-refractivity contribution in [1.82, 2.24) is 15.0 Å². The van der Waals surface area contributed by atoms with Gasteiger partial charge in [0.2, 0.25) is 0 Å². The molecule has 1 atom stereocenters. The normalized spacial score (nSPS) is 12.0. The van der Waals surface area contributed by atoms with Crippen LogP contribution in [0.4, 0.5) is 30.7 Å². The van der Waals surface area contributed by atoms with E-state index in [1.807, 2.05) is 30.3 Å². The number of nitrogens with one attached hydrogen (secondary N) is 1. The standard InChI is InChI=1S/C19H15FN4.2C2HF3O2/c20-15-3-1-2-14(10-15)18(21)19-23-16-5-4-13(11-17(16)24-19)12-6-8-22-9-7-12;2*3-2(4,5)1(6)7/h1-11,18H,21H2,(H,23,24);2*(H,6,7). The largest absolute Gasteiger partial charge is 0.490 e. The first-order chi connectivity index (χ1) is 17.6. The van der Waals surface area contributed by atoms with Crippen molar-refractivity contribution in [1.29, 1.82) is 0 Å². The number of fused-ring (bicyclic) bond motifs is 1. The molecule has 0 radical (unpaired) electrons. The summed E-state index contributed by atoms with van der Waals surface area (Å²) in [6, 6.07) is 15.7. The molecule has 1 unspecified atom stereocenters. The third kappa shape index (κ3) is 8.55. The van der Waals surface area contributed by atoms with Crippen molar-refractivity contribution in [2.24, 2.45) is 5.73 Å². The Labute approximate surface area is 208 Å². The van der Waals surface area contributed by atoms with Crippen LogP contribution in [0, 0.1) is 5.82 Å². The molecular formula is C23H17F7N4O4. The average molecular weight is 546 g/mol. The molecule has 0 aliphatic carbocycles. The summed E-state index contributed by atoms with van der Waals surface area (Å²) in [7, 11) is 0. The number of aromatic amines is 1. The molecule has 4 aromatic rings. The average Bonchev–Trinajstić information content (AvgIpc) is 3.27. The summed E-state index contributed by atoms with van der Waals surface area (Å²) in [5.41, 5.74) is 10.8. The van der Waals surface area contributed by atoms with E-state index in [-0.39, 0.29) is 5.82 Å². The van der Waals surface area contributed by atoms with Crippen molar-refractivity contribution in [3.63, 3.8) is 0 Å². The molecule has 5 N–H and O–H groups in total. The number of rotatable bonds is 3. The topological polar surface area (TPSA) is 142 Å². The molecule has 0 saturated heterocycles. The van der Waals surface area contributed by atoms with Gasteiger partial charge in [-0.1, -0.05) is 18.2 Å². The maximum atomic E-state index is 13.4. The van der Waals surface area contributed by atoms with E-state index in [1.54, 1.807) is 24.5 Å². The number of carbonyl (C=O) groups is 2. The highest BCUT2D eigenvalue weighted by atomic mass is 19.4. The van der Waals surface area contributed by atoms with Gasteiger partial charge in [-0.2, -0.15) is 26.3 Å². The summed E-state index contributed by atoms with van der Waals surface area (Å²) >= 11 is 0. The third-order valence-electron chi connectivity index (χ3n) is 4.50. The van der Waals surface area contributed by atoms with E-state index in [4.69, 9.17) is 25.5 Å². The van der Waals surface area contributed by atoms with E-state index in [2.05, 4.69) is 15.0 Å². The van der Waals surface area contributed by atoms with Crippen molar-refractivity contribution in [2.45, 2.75) is 18.4 Å². The van der Waals surface area contributed by atoms with Crippen molar-refractivity contribution < 1.29 is 50.5 Å². The van der Waals surface area contributed by atoms with Gasteiger partial charge in [-0.3, -0.25) is 4.98 Å². The highest BCUT2D eigenvalue weighted by molar-refractivity contribution is 5.82. The number of aromatic nitrogens is 3. The van der Waals surface area contributed by atoms with Crippen molar-refractivity contribution in [3.05, 3.63) is 84.2 Å². The highest BCUT2D eigenvalue weighted by Gasteiger charge is 2.38. The molecule has 0 amide bonds. The molecule has 4 rings (SSSR count). The van der Waals surface area contributed by atoms with Gasteiger partial charge < -0.3 is 20.9 Å². The molecule has 0 saturated carbocycles. The molecule has 38 heavy (non-hydrogen) atoms. The Morgan fingerprint density at radius 3 is 1.89 bits per heavy atom. The molecule has 0 fully saturated rings. The minimum atomic E-state index is -5.08. The van der Waals surface area contributed by atoms with Crippen LogP contribution in [0.2, 0.25) is 0 Å². The van der Waals surface area contributed by atoms with Gasteiger partial charge in [0.25, 0.3) is 0 Å². The van der Waals surface area contributed by atoms with E-state index in [9.17, 15) is 30.7 Å². The molecule has 202 valence electrons. The van der Waals surface area contributed by atoms with E-state index in [0.29, 0.717) is 11.4 Å². The Hall–Kier alpha value is -4.53. The first-order valence-electron chi connectivity index (χ1n) is 10.1. The molecule has 0 aliphatic heterocycles. The number of carboxylic acid groups (broad SMARTS) is 2. The van der Waals surface area contributed by atoms with E-state index in [1.165, 1.54) is 12.1 Å². The number of aliphatic carboxylic acids is 2. The molecule has 2 aromatic carbocycles. The van der Waals surface area contributed by atoms with Gasteiger partial charge in [0.15, 0.2) is 0 Å².